The van der Waals surface area contributed by atoms with Gasteiger partial charge in [-0.15, -0.1) is 0 Å². The number of hydrogen-bond acceptors (Lipinski definition) is 4. The maximum Gasteiger partial charge on any atom is 0.325 e. The van der Waals surface area contributed by atoms with Gasteiger partial charge >= 0.3 is 5.97 Å². The van der Waals surface area contributed by atoms with Crippen LogP contribution in [0.25, 0.3) is 0 Å². The van der Waals surface area contributed by atoms with Crippen molar-refractivity contribution >= 4 is 39.3 Å². The van der Waals surface area contributed by atoms with Crippen LogP contribution in [0.3, 0.4) is 0 Å². The van der Waals surface area contributed by atoms with Crippen LogP contribution in [-0.2, 0) is 37.5 Å². The lowest BCUT2D eigenvalue weighted by atomic mass is 9.69. The molecule has 0 spiro atoms. The summed E-state index contributed by atoms with van der Waals surface area (Å²) in [5.41, 5.74) is 0.913. The summed E-state index contributed by atoms with van der Waals surface area (Å²) in [6.45, 7) is 2.02. The number of nitrogens with zero attached hydrogens (tertiary/aromatic N) is 1. The standard InChI is InChI=1S/C26H22BrNO4/c1-2-32-25(31)26(16-18-9-5-3-6-10-18)21-14-13-20(27)15-22(21)28(24(30)23(26)29)17-19-11-7-4-8-12-19/h3-15H,2,16-17H2,1H3/t26-/m0/s1. The van der Waals surface area contributed by atoms with E-state index in [0.717, 1.165) is 15.6 Å². The van der Waals surface area contributed by atoms with Gasteiger partial charge in [0.1, 0.15) is 0 Å². The van der Waals surface area contributed by atoms with Gasteiger partial charge in [0.25, 0.3) is 5.91 Å². The molecule has 1 heterocycles. The third-order valence-electron chi connectivity index (χ3n) is 5.66. The van der Waals surface area contributed by atoms with Crippen molar-refractivity contribution in [3.8, 4) is 0 Å². The van der Waals surface area contributed by atoms with Crippen LogP contribution in [0, 0.1) is 0 Å². The average Bonchev–Trinajstić information content (AvgIpc) is 2.81. The average molecular weight is 492 g/mol. The summed E-state index contributed by atoms with van der Waals surface area (Å²) < 4.78 is 6.12. The second-order valence-corrected chi connectivity index (χ2v) is 8.57. The van der Waals surface area contributed by atoms with Gasteiger partial charge in [0.2, 0.25) is 5.78 Å². The smallest absolute Gasteiger partial charge is 0.325 e. The second-order valence-electron chi connectivity index (χ2n) is 7.66. The minimum absolute atomic E-state index is 0.0467. The van der Waals surface area contributed by atoms with Crippen molar-refractivity contribution in [3.05, 3.63) is 100 Å². The van der Waals surface area contributed by atoms with E-state index in [2.05, 4.69) is 15.9 Å². The molecule has 4 rings (SSSR count). The van der Waals surface area contributed by atoms with Crippen LogP contribution in [0.2, 0.25) is 0 Å². The summed E-state index contributed by atoms with van der Waals surface area (Å²) in [7, 11) is 0. The maximum atomic E-state index is 13.7. The van der Waals surface area contributed by atoms with E-state index in [0.29, 0.717) is 11.3 Å². The van der Waals surface area contributed by atoms with E-state index in [9.17, 15) is 14.4 Å². The van der Waals surface area contributed by atoms with Gasteiger partial charge in [0, 0.05) is 16.5 Å². The Morgan fingerprint density at radius 3 is 2.19 bits per heavy atom. The minimum atomic E-state index is -1.74. The first-order valence-corrected chi connectivity index (χ1v) is 11.2. The number of rotatable bonds is 6. The molecule has 0 aromatic heterocycles. The largest absolute Gasteiger partial charge is 0.465 e. The molecule has 1 aliphatic heterocycles. The van der Waals surface area contributed by atoms with Crippen molar-refractivity contribution in [2.75, 3.05) is 11.5 Å². The van der Waals surface area contributed by atoms with Gasteiger partial charge in [0.15, 0.2) is 5.41 Å². The third-order valence-corrected chi connectivity index (χ3v) is 6.15. The lowest BCUT2D eigenvalue weighted by molar-refractivity contribution is -0.157. The molecule has 0 bridgehead atoms. The predicted octanol–water partition coefficient (Wildman–Crippen LogP) is 4.61. The molecule has 0 unspecified atom stereocenters. The molecule has 0 saturated carbocycles. The van der Waals surface area contributed by atoms with Gasteiger partial charge in [-0.25, -0.2) is 0 Å². The zero-order valence-corrected chi connectivity index (χ0v) is 19.2. The maximum absolute atomic E-state index is 13.7. The normalized spacial score (nSPS) is 17.8. The number of ketones is 1. The lowest BCUT2D eigenvalue weighted by Gasteiger charge is -2.40. The SMILES string of the molecule is CCOC(=O)[C@]1(Cc2ccccc2)C(=O)C(=O)N(Cc2ccccc2)c2cc(Br)ccc21. The third kappa shape index (κ3) is 3.86. The van der Waals surface area contributed by atoms with E-state index >= 15 is 0 Å². The first kappa shape index (κ1) is 22.0. The summed E-state index contributed by atoms with van der Waals surface area (Å²) in [4.78, 5) is 42.0. The van der Waals surface area contributed by atoms with Gasteiger partial charge in [-0.3, -0.25) is 14.4 Å². The highest BCUT2D eigenvalue weighted by molar-refractivity contribution is 9.10. The first-order valence-electron chi connectivity index (χ1n) is 10.4. The second kappa shape index (κ2) is 9.09. The number of benzene rings is 3. The predicted molar refractivity (Wildman–Crippen MR) is 125 cm³/mol. The number of hydrogen-bond donors (Lipinski definition) is 0. The highest BCUT2D eigenvalue weighted by atomic mass is 79.9. The first-order chi connectivity index (χ1) is 15.5. The number of halogens is 1. The van der Waals surface area contributed by atoms with Crippen LogP contribution in [-0.4, -0.2) is 24.3 Å². The van der Waals surface area contributed by atoms with Crippen molar-refractivity contribution < 1.29 is 19.1 Å². The van der Waals surface area contributed by atoms with E-state index < -0.39 is 23.1 Å². The summed E-state index contributed by atoms with van der Waals surface area (Å²) >= 11 is 3.47. The number of amides is 1. The Morgan fingerprint density at radius 2 is 1.56 bits per heavy atom. The van der Waals surface area contributed by atoms with Crippen molar-refractivity contribution in [1.82, 2.24) is 0 Å². The zero-order chi connectivity index (χ0) is 22.7. The quantitative estimate of drug-likeness (QED) is 0.287. The van der Waals surface area contributed by atoms with Crippen LogP contribution >= 0.6 is 15.9 Å². The Hall–Kier alpha value is -3.25. The van der Waals surface area contributed by atoms with Crippen LogP contribution in [0.4, 0.5) is 5.69 Å². The number of carbonyl (C=O) groups excluding carboxylic acids is 3. The molecule has 3 aromatic rings. The Balaban J connectivity index is 1.91. The molecule has 0 N–H and O–H groups in total. The topological polar surface area (TPSA) is 63.7 Å². The number of anilines is 1. The molecule has 3 aromatic carbocycles. The van der Waals surface area contributed by atoms with Crippen molar-refractivity contribution in [2.24, 2.45) is 0 Å². The molecule has 1 atom stereocenters. The van der Waals surface area contributed by atoms with Crippen molar-refractivity contribution in [3.63, 3.8) is 0 Å². The number of esters is 1. The Labute approximate surface area is 195 Å². The van der Waals surface area contributed by atoms with E-state index in [4.69, 9.17) is 4.74 Å². The molecule has 1 aliphatic rings. The Morgan fingerprint density at radius 1 is 0.938 bits per heavy atom. The van der Waals surface area contributed by atoms with Crippen molar-refractivity contribution in [1.29, 1.82) is 0 Å². The molecule has 0 radical (unpaired) electrons. The number of Topliss-reactive ketones (excluding diaryl/α,β-unsaturated/α-hetero) is 1. The van der Waals surface area contributed by atoms with Crippen LogP contribution in [0.15, 0.2) is 83.3 Å². The fraction of sp³-hybridized carbons (Fsp3) is 0.192. The molecular formula is C26H22BrNO4. The van der Waals surface area contributed by atoms with E-state index in [1.807, 2.05) is 60.7 Å². The number of carbonyl (C=O) groups is 3. The Bertz CT molecular complexity index is 1160. The van der Waals surface area contributed by atoms with E-state index in [1.54, 1.807) is 25.1 Å². The summed E-state index contributed by atoms with van der Waals surface area (Å²) in [6, 6.07) is 24.0. The van der Waals surface area contributed by atoms with Gasteiger partial charge in [0.05, 0.1) is 18.8 Å². The monoisotopic (exact) mass is 491 g/mol. The molecule has 32 heavy (non-hydrogen) atoms. The zero-order valence-electron chi connectivity index (χ0n) is 17.6. The number of ether oxygens (including phenoxy) is 1. The van der Waals surface area contributed by atoms with Crippen molar-refractivity contribution in [2.45, 2.75) is 25.3 Å². The van der Waals surface area contributed by atoms with Gasteiger partial charge in [-0.1, -0.05) is 82.7 Å². The molecule has 162 valence electrons. The summed E-state index contributed by atoms with van der Waals surface area (Å²) in [5.74, 6) is -2.20. The van der Waals surface area contributed by atoms with Crippen LogP contribution in [0.1, 0.15) is 23.6 Å². The van der Waals surface area contributed by atoms with Crippen LogP contribution in [0.5, 0.6) is 0 Å². The highest BCUT2D eigenvalue weighted by Crippen LogP contribution is 2.43. The summed E-state index contributed by atoms with van der Waals surface area (Å²) in [5, 5.41) is 0. The molecule has 5 nitrogen and oxygen atoms in total. The van der Waals surface area contributed by atoms with Gasteiger partial charge < -0.3 is 9.64 Å². The fourth-order valence-electron chi connectivity index (χ4n) is 4.16. The summed E-state index contributed by atoms with van der Waals surface area (Å²) in [6.07, 6.45) is 0.0467. The molecule has 6 heteroatoms. The molecular weight excluding hydrogens is 470 g/mol. The number of fused-ring (bicyclic) bond motifs is 1. The molecule has 1 amide bonds. The van der Waals surface area contributed by atoms with Crippen LogP contribution < -0.4 is 4.90 Å². The molecule has 0 saturated heterocycles. The molecule has 0 aliphatic carbocycles. The van der Waals surface area contributed by atoms with Gasteiger partial charge in [-0.2, -0.15) is 0 Å². The highest BCUT2D eigenvalue weighted by Gasteiger charge is 2.57. The fourth-order valence-corrected chi connectivity index (χ4v) is 4.50. The molecule has 0 fully saturated rings. The minimum Gasteiger partial charge on any atom is -0.465 e. The lowest BCUT2D eigenvalue weighted by Crippen LogP contribution is -2.58. The van der Waals surface area contributed by atoms with E-state index in [1.165, 1.54) is 4.90 Å². The van der Waals surface area contributed by atoms with Gasteiger partial charge in [-0.05, 0) is 30.2 Å². The Kier molecular flexibility index (Phi) is 6.24. The van der Waals surface area contributed by atoms with E-state index in [-0.39, 0.29) is 19.6 Å².